The van der Waals surface area contributed by atoms with Crippen molar-refractivity contribution < 1.29 is 59.4 Å². The zero-order chi connectivity index (χ0) is 40.2. The molecule has 0 spiro atoms. The van der Waals surface area contributed by atoms with Crippen molar-refractivity contribution in [3.8, 4) is 23.0 Å². The number of benzene rings is 3. The highest BCUT2D eigenvalue weighted by molar-refractivity contribution is 7.92. The maximum atomic E-state index is 14.7. The Labute approximate surface area is 319 Å². The lowest BCUT2D eigenvalue weighted by Crippen LogP contribution is -2.37. The van der Waals surface area contributed by atoms with Gasteiger partial charge in [-0.1, -0.05) is 17.7 Å². The van der Waals surface area contributed by atoms with Crippen molar-refractivity contribution in [2.45, 2.75) is 53.8 Å². The van der Waals surface area contributed by atoms with E-state index in [-0.39, 0.29) is 33.4 Å². The fourth-order valence-corrected chi connectivity index (χ4v) is 9.82. The Bertz CT molecular complexity index is 2520. The van der Waals surface area contributed by atoms with Crippen LogP contribution in [0, 0.1) is 20.8 Å². The Hall–Kier alpha value is -5.53. The van der Waals surface area contributed by atoms with Gasteiger partial charge >= 0.3 is 11.9 Å². The van der Waals surface area contributed by atoms with Gasteiger partial charge in [0.2, 0.25) is 15.0 Å². The van der Waals surface area contributed by atoms with Gasteiger partial charge in [-0.25, -0.2) is 35.4 Å². The zero-order valence-electron chi connectivity index (χ0n) is 30.5. The van der Waals surface area contributed by atoms with E-state index in [0.717, 1.165) is 33.3 Å². The van der Waals surface area contributed by atoms with Crippen LogP contribution in [0.4, 0.5) is 0 Å². The molecule has 292 valence electrons. The maximum Gasteiger partial charge on any atom is 0.363 e. The monoisotopic (exact) mass is 815 g/mol. The number of hydrogen-bond acceptors (Lipinski definition) is 14. The first-order chi connectivity index (χ1) is 26.0. The third kappa shape index (κ3) is 8.42. The molecule has 0 aliphatic carbocycles. The topological polar surface area (TPSA) is 217 Å². The number of ether oxygens (including phenoxy) is 5. The molecule has 0 saturated heterocycles. The molecule has 0 amide bonds. The van der Waals surface area contributed by atoms with Crippen LogP contribution >= 0.6 is 0 Å². The molecule has 0 saturated carbocycles. The van der Waals surface area contributed by atoms with E-state index in [1.165, 1.54) is 63.6 Å². The van der Waals surface area contributed by atoms with Crippen LogP contribution in [0.1, 0.15) is 29.3 Å². The minimum absolute atomic E-state index is 0.00957. The first kappa shape index (κ1) is 40.7. The van der Waals surface area contributed by atoms with Crippen LogP contribution in [0.25, 0.3) is 11.0 Å². The predicted octanol–water partition coefficient (Wildman–Crippen LogP) is 4.12. The maximum absolute atomic E-state index is 14.7. The van der Waals surface area contributed by atoms with Gasteiger partial charge in [-0.3, -0.25) is 9.19 Å². The van der Waals surface area contributed by atoms with Gasteiger partial charge in [-0.2, -0.15) is 0 Å². The van der Waals surface area contributed by atoms with Crippen molar-refractivity contribution >= 4 is 53.6 Å². The van der Waals surface area contributed by atoms with Crippen molar-refractivity contribution in [1.29, 1.82) is 0 Å². The molecule has 3 aromatic carbocycles. The number of aliphatic carboxylic acids is 1. The predicted molar refractivity (Wildman–Crippen MR) is 198 cm³/mol. The lowest BCUT2D eigenvalue weighted by molar-refractivity contribution is -0.147. The summed E-state index contributed by atoms with van der Waals surface area (Å²) in [6.45, 7) is 5.52. The lowest BCUT2D eigenvalue weighted by Gasteiger charge is -2.21. The van der Waals surface area contributed by atoms with Crippen molar-refractivity contribution in [2.24, 2.45) is 0 Å². The van der Waals surface area contributed by atoms with E-state index in [2.05, 4.69) is 9.97 Å². The Kier molecular flexibility index (Phi) is 12.2. The summed E-state index contributed by atoms with van der Waals surface area (Å²) in [6.07, 6.45) is 1.54. The number of rotatable bonds is 16. The number of imidazole rings is 1. The molecule has 19 heteroatoms. The first-order valence-corrected chi connectivity index (χ1v) is 20.7. The molecule has 0 fully saturated rings. The second-order valence-electron chi connectivity index (χ2n) is 11.9. The van der Waals surface area contributed by atoms with Crippen LogP contribution in [0.3, 0.4) is 0 Å². The minimum Gasteiger partial charge on any atom is -0.497 e. The quantitative estimate of drug-likeness (QED) is 0.139. The molecule has 0 radical (unpaired) electrons. The number of carbonyl (C=O) groups is 2. The van der Waals surface area contributed by atoms with Crippen LogP contribution in [0.5, 0.6) is 23.0 Å². The number of carbonyl (C=O) groups excluding carboxylic acids is 1. The van der Waals surface area contributed by atoms with Crippen LogP contribution < -0.4 is 18.9 Å². The van der Waals surface area contributed by atoms with E-state index in [1.807, 2.05) is 0 Å². The van der Waals surface area contributed by atoms with E-state index in [9.17, 15) is 35.7 Å². The average molecular weight is 816 g/mol. The van der Waals surface area contributed by atoms with Crippen molar-refractivity contribution in [3.63, 3.8) is 0 Å². The molecule has 0 aliphatic rings. The summed E-state index contributed by atoms with van der Waals surface area (Å²) in [5.41, 5.74) is 0.167. The van der Waals surface area contributed by atoms with Crippen molar-refractivity contribution in [1.82, 2.24) is 13.9 Å². The lowest BCUT2D eigenvalue weighted by atomic mass is 10.1. The second kappa shape index (κ2) is 16.5. The van der Waals surface area contributed by atoms with Crippen LogP contribution in [0.15, 0.2) is 81.8 Å². The third-order valence-corrected chi connectivity index (χ3v) is 13.0. The average Bonchev–Trinajstić information content (AvgIpc) is 3.54. The Morgan fingerprint density at radius 3 is 2.24 bits per heavy atom. The summed E-state index contributed by atoms with van der Waals surface area (Å²) in [5, 5.41) is 8.92. The van der Waals surface area contributed by atoms with Gasteiger partial charge in [0.1, 0.15) is 11.5 Å². The standard InChI is InChI=1S/C36H37N3O13S3/c1-7-50-34(42)35(54(44,45)25-11-8-21(2)9-12-25)52-31-17-26(13-15-30(31)51-19-32(40)41)55(46,47)39-29-14-10-24(48-5)16-27(29)38-36(39)53(43)20-28-23(4)33(49-6)22(3)18-37-28/h8-18,35H,7,19-20H2,1-6H3,(H,40,41). The van der Waals surface area contributed by atoms with E-state index in [1.54, 1.807) is 27.0 Å². The van der Waals surface area contributed by atoms with E-state index in [0.29, 0.717) is 22.8 Å². The number of pyridine rings is 1. The van der Waals surface area contributed by atoms with Gasteiger partial charge in [0, 0.05) is 29.5 Å². The number of esters is 1. The molecule has 0 bridgehead atoms. The molecule has 2 unspecified atom stereocenters. The van der Waals surface area contributed by atoms with Gasteiger partial charge in [0.25, 0.3) is 15.5 Å². The zero-order valence-corrected chi connectivity index (χ0v) is 32.9. The minimum atomic E-state index is -4.81. The summed E-state index contributed by atoms with van der Waals surface area (Å²) in [7, 11) is -8.74. The number of sulfone groups is 1. The molecular formula is C36H37N3O13S3. The fourth-order valence-electron chi connectivity index (χ4n) is 5.44. The first-order valence-electron chi connectivity index (χ1n) is 16.3. The van der Waals surface area contributed by atoms with Crippen LogP contribution in [-0.2, 0) is 50.7 Å². The number of aromatic nitrogens is 3. The van der Waals surface area contributed by atoms with Crippen LogP contribution in [0.2, 0.25) is 0 Å². The molecule has 2 atom stereocenters. The van der Waals surface area contributed by atoms with Gasteiger partial charge in [-0.05, 0) is 64.1 Å². The van der Waals surface area contributed by atoms with E-state index >= 15 is 0 Å². The molecule has 1 N–H and O–H groups in total. The van der Waals surface area contributed by atoms with Gasteiger partial charge in [-0.15, -0.1) is 0 Å². The van der Waals surface area contributed by atoms with Gasteiger partial charge in [0.05, 0.1) is 63.9 Å². The molecule has 55 heavy (non-hydrogen) atoms. The molecule has 2 heterocycles. The largest absolute Gasteiger partial charge is 0.497 e. The van der Waals surface area contributed by atoms with E-state index < -0.39 is 71.0 Å². The molecule has 5 aromatic rings. The summed E-state index contributed by atoms with van der Waals surface area (Å²) in [5.74, 6) is -3.18. The summed E-state index contributed by atoms with van der Waals surface area (Å²) in [4.78, 5) is 32.6. The summed E-state index contributed by atoms with van der Waals surface area (Å²) >= 11 is 0. The normalized spacial score (nSPS) is 12.8. The van der Waals surface area contributed by atoms with E-state index in [4.69, 9.17) is 23.7 Å². The third-order valence-electron chi connectivity index (χ3n) is 8.16. The highest BCUT2D eigenvalue weighted by Crippen LogP contribution is 2.36. The van der Waals surface area contributed by atoms with Crippen molar-refractivity contribution in [2.75, 3.05) is 27.4 Å². The van der Waals surface area contributed by atoms with Crippen LogP contribution in [-0.4, -0.2) is 84.9 Å². The highest BCUT2D eigenvalue weighted by Gasteiger charge is 2.39. The SMILES string of the molecule is CCOC(=O)C(Oc1cc(S(=O)(=O)n2c(S(=O)Cc3ncc(C)c(OC)c3C)nc3cc(OC)ccc32)ccc1OCC(=O)O)S(=O)(=O)c1ccc(C)cc1. The Balaban J connectivity index is 1.68. The Morgan fingerprint density at radius 1 is 0.909 bits per heavy atom. The molecule has 16 nitrogen and oxygen atoms in total. The number of carboxylic acids is 1. The number of nitrogens with zero attached hydrogens (tertiary/aromatic N) is 3. The number of aryl methyl sites for hydroxylation is 2. The molecule has 5 rings (SSSR count). The Morgan fingerprint density at radius 2 is 1.60 bits per heavy atom. The summed E-state index contributed by atoms with van der Waals surface area (Å²) in [6, 6.07) is 12.8. The molecular weight excluding hydrogens is 779 g/mol. The second-order valence-corrected chi connectivity index (χ2v) is 17.0. The summed E-state index contributed by atoms with van der Waals surface area (Å²) < 4.78 is 98.7. The van der Waals surface area contributed by atoms with Gasteiger partial charge < -0.3 is 28.8 Å². The molecule has 0 aliphatic heterocycles. The fraction of sp³-hybridized carbons (Fsp3) is 0.278. The highest BCUT2D eigenvalue weighted by atomic mass is 32.2. The smallest absolute Gasteiger partial charge is 0.363 e. The number of fused-ring (bicyclic) bond motifs is 1. The number of hydrogen-bond donors (Lipinski definition) is 1. The number of methoxy groups -OCH3 is 2. The number of carboxylic acid groups (broad SMARTS) is 1. The van der Waals surface area contributed by atoms with Crippen molar-refractivity contribution in [3.05, 3.63) is 89.2 Å². The van der Waals surface area contributed by atoms with Gasteiger partial charge in [0.15, 0.2) is 18.1 Å². The molecule has 2 aromatic heterocycles.